The molecule has 0 atom stereocenters. The molecule has 0 aliphatic heterocycles. The van der Waals surface area contributed by atoms with Gasteiger partial charge in [0.1, 0.15) is 6.61 Å². The summed E-state index contributed by atoms with van der Waals surface area (Å²) in [5.74, 6) is -0.0613. The Hall–Kier alpha value is -0.680. The maximum Gasteiger partial charge on any atom is 0.248 e. The fraction of sp³-hybridized carbons (Fsp3) is 0.714. The van der Waals surface area contributed by atoms with Gasteiger partial charge >= 0.3 is 0 Å². The first-order valence-electron chi connectivity index (χ1n) is 3.59. The lowest BCUT2D eigenvalue weighted by Gasteiger charge is -2.15. The van der Waals surface area contributed by atoms with Gasteiger partial charge in [-0.25, -0.2) is 0 Å². The van der Waals surface area contributed by atoms with Gasteiger partial charge in [0.05, 0.1) is 4.99 Å². The third kappa shape index (κ3) is 5.03. The normalized spacial score (nSPS) is 9.50. The molecule has 0 aromatic rings. The van der Waals surface area contributed by atoms with E-state index in [1.54, 1.807) is 11.9 Å². The number of methoxy groups -OCH3 is 1. The molecule has 0 aliphatic carbocycles. The van der Waals surface area contributed by atoms with Crippen LogP contribution in [0.25, 0.3) is 0 Å². The Balaban J connectivity index is 3.63. The van der Waals surface area contributed by atoms with Gasteiger partial charge in [0.15, 0.2) is 0 Å². The van der Waals surface area contributed by atoms with E-state index in [2.05, 4.69) is 17.0 Å². The summed E-state index contributed by atoms with van der Waals surface area (Å²) < 4.78 is 4.68. The first-order chi connectivity index (χ1) is 5.57. The van der Waals surface area contributed by atoms with Gasteiger partial charge in [0, 0.05) is 27.1 Å². The monoisotopic (exact) mass is 190 g/mol. The Bertz CT molecular complexity index is 173. The van der Waals surface area contributed by atoms with Gasteiger partial charge < -0.3 is 15.4 Å². The van der Waals surface area contributed by atoms with Crippen molar-refractivity contribution in [3.05, 3.63) is 0 Å². The molecule has 0 saturated heterocycles. The Labute approximate surface area is 77.7 Å². The summed E-state index contributed by atoms with van der Waals surface area (Å²) in [6.07, 6.45) is 0.557. The van der Waals surface area contributed by atoms with E-state index >= 15 is 0 Å². The van der Waals surface area contributed by atoms with E-state index in [4.69, 9.17) is 5.73 Å². The van der Waals surface area contributed by atoms with Gasteiger partial charge in [-0.05, 0) is 0 Å². The highest BCUT2D eigenvalue weighted by Crippen LogP contribution is 1.89. The molecular formula is C7H14N2O2S. The smallest absolute Gasteiger partial charge is 0.248 e. The van der Waals surface area contributed by atoms with E-state index in [1.165, 1.54) is 7.11 Å². The molecule has 0 unspecified atom stereocenters. The Morgan fingerprint density at radius 1 is 1.67 bits per heavy atom. The topological polar surface area (TPSA) is 55.6 Å². The Morgan fingerprint density at radius 2 is 2.25 bits per heavy atom. The van der Waals surface area contributed by atoms with Crippen molar-refractivity contribution in [3.8, 4) is 0 Å². The number of rotatable bonds is 5. The highest BCUT2D eigenvalue weighted by molar-refractivity contribution is 7.80. The third-order valence-corrected chi connectivity index (χ3v) is 1.59. The average molecular weight is 190 g/mol. The van der Waals surface area contributed by atoms with Crippen molar-refractivity contribution in [2.45, 2.75) is 6.42 Å². The van der Waals surface area contributed by atoms with Crippen LogP contribution in [0, 0.1) is 0 Å². The predicted octanol–water partition coefficient (Wildman–Crippen LogP) is -0.233. The molecule has 0 aromatic heterocycles. The maximum atomic E-state index is 11.1. The van der Waals surface area contributed by atoms with Crippen LogP contribution in [0.15, 0.2) is 0 Å². The molecule has 5 heteroatoms. The lowest BCUT2D eigenvalue weighted by Crippen LogP contribution is -2.32. The molecule has 2 N–H and O–H groups in total. The van der Waals surface area contributed by atoms with E-state index in [1.807, 2.05) is 0 Å². The molecule has 0 spiro atoms. The third-order valence-electron chi connectivity index (χ3n) is 1.39. The van der Waals surface area contributed by atoms with Crippen molar-refractivity contribution in [1.29, 1.82) is 0 Å². The van der Waals surface area contributed by atoms with Gasteiger partial charge in [0.25, 0.3) is 0 Å². The SMILES string of the molecule is COCC(=O)N(C)CCC(N)=S. The van der Waals surface area contributed by atoms with Gasteiger partial charge in [-0.15, -0.1) is 0 Å². The van der Waals surface area contributed by atoms with E-state index < -0.39 is 0 Å². The lowest BCUT2D eigenvalue weighted by atomic mass is 10.4. The second kappa shape index (κ2) is 5.91. The minimum atomic E-state index is -0.0613. The number of carbonyl (C=O) groups excluding carboxylic acids is 1. The molecular weight excluding hydrogens is 176 g/mol. The summed E-state index contributed by atoms with van der Waals surface area (Å²) in [6.45, 7) is 0.658. The number of ether oxygens (including phenoxy) is 1. The van der Waals surface area contributed by atoms with E-state index in [-0.39, 0.29) is 12.5 Å². The highest BCUT2D eigenvalue weighted by Gasteiger charge is 2.06. The summed E-state index contributed by atoms with van der Waals surface area (Å²) >= 11 is 4.67. The van der Waals surface area contributed by atoms with Crippen LogP contribution >= 0.6 is 12.2 Å². The summed E-state index contributed by atoms with van der Waals surface area (Å²) in [5, 5.41) is 0. The summed E-state index contributed by atoms with van der Waals surface area (Å²) in [6, 6.07) is 0. The molecule has 0 fully saturated rings. The summed E-state index contributed by atoms with van der Waals surface area (Å²) in [4.78, 5) is 13.0. The van der Waals surface area contributed by atoms with Crippen LogP contribution in [0.1, 0.15) is 6.42 Å². The zero-order chi connectivity index (χ0) is 9.56. The van der Waals surface area contributed by atoms with Crippen LogP contribution in [-0.2, 0) is 9.53 Å². The number of hydrogen-bond acceptors (Lipinski definition) is 3. The average Bonchev–Trinajstić information content (AvgIpc) is 2.00. The maximum absolute atomic E-state index is 11.1. The predicted molar refractivity (Wildman–Crippen MR) is 50.9 cm³/mol. The molecule has 70 valence electrons. The fourth-order valence-electron chi connectivity index (χ4n) is 0.636. The minimum Gasteiger partial charge on any atom is -0.393 e. The molecule has 0 saturated carbocycles. The van der Waals surface area contributed by atoms with Gasteiger partial charge in [-0.2, -0.15) is 0 Å². The molecule has 0 heterocycles. The second-order valence-corrected chi connectivity index (χ2v) is 2.99. The molecule has 0 aliphatic rings. The van der Waals surface area contributed by atoms with Crippen molar-refractivity contribution in [3.63, 3.8) is 0 Å². The lowest BCUT2D eigenvalue weighted by molar-refractivity contribution is -0.133. The quantitative estimate of drug-likeness (QED) is 0.608. The second-order valence-electron chi connectivity index (χ2n) is 2.46. The standard InChI is InChI=1S/C7H14N2O2S/c1-9(4-3-6(8)12)7(10)5-11-2/h3-5H2,1-2H3,(H2,8,12). The molecule has 4 nitrogen and oxygen atoms in total. The Morgan fingerprint density at radius 3 is 2.67 bits per heavy atom. The number of nitrogens with two attached hydrogens (primary N) is 1. The van der Waals surface area contributed by atoms with Crippen LogP contribution in [0.5, 0.6) is 0 Å². The van der Waals surface area contributed by atoms with Crippen molar-refractivity contribution < 1.29 is 9.53 Å². The fourth-order valence-corrected chi connectivity index (χ4v) is 0.728. The van der Waals surface area contributed by atoms with Crippen LogP contribution in [0.4, 0.5) is 0 Å². The largest absolute Gasteiger partial charge is 0.393 e. The number of amides is 1. The Kier molecular flexibility index (Phi) is 5.57. The zero-order valence-electron chi connectivity index (χ0n) is 7.37. The van der Waals surface area contributed by atoms with Crippen molar-refractivity contribution in [1.82, 2.24) is 4.90 Å². The van der Waals surface area contributed by atoms with Crippen molar-refractivity contribution in [2.75, 3.05) is 27.3 Å². The van der Waals surface area contributed by atoms with E-state index in [0.29, 0.717) is 18.0 Å². The number of nitrogens with zero attached hydrogens (tertiary/aromatic N) is 1. The molecule has 0 rings (SSSR count). The minimum absolute atomic E-state index is 0.0613. The number of thiocarbonyl (C=S) groups is 1. The molecule has 0 bridgehead atoms. The first-order valence-corrected chi connectivity index (χ1v) is 4.00. The van der Waals surface area contributed by atoms with Crippen LogP contribution in [-0.4, -0.2) is 43.1 Å². The van der Waals surface area contributed by atoms with E-state index in [9.17, 15) is 4.79 Å². The number of likely N-dealkylation sites (N-methyl/N-ethyl adjacent to an activating group) is 1. The molecule has 1 amide bonds. The molecule has 0 aromatic carbocycles. The highest BCUT2D eigenvalue weighted by atomic mass is 32.1. The van der Waals surface area contributed by atoms with Gasteiger partial charge in [-0.3, -0.25) is 4.79 Å². The van der Waals surface area contributed by atoms with Gasteiger partial charge in [0.2, 0.25) is 5.91 Å². The number of hydrogen-bond donors (Lipinski definition) is 1. The summed E-state index contributed by atoms with van der Waals surface area (Å²) in [5.41, 5.74) is 5.28. The molecule has 0 radical (unpaired) electrons. The van der Waals surface area contributed by atoms with Crippen LogP contribution < -0.4 is 5.73 Å². The zero-order valence-corrected chi connectivity index (χ0v) is 8.19. The molecule has 12 heavy (non-hydrogen) atoms. The van der Waals surface area contributed by atoms with Gasteiger partial charge in [-0.1, -0.05) is 12.2 Å². The van der Waals surface area contributed by atoms with Crippen LogP contribution in [0.2, 0.25) is 0 Å². The van der Waals surface area contributed by atoms with Crippen molar-refractivity contribution in [2.24, 2.45) is 5.73 Å². The van der Waals surface area contributed by atoms with Crippen LogP contribution in [0.3, 0.4) is 0 Å². The van der Waals surface area contributed by atoms with E-state index in [0.717, 1.165) is 0 Å². The summed E-state index contributed by atoms with van der Waals surface area (Å²) in [7, 11) is 3.18. The first kappa shape index (κ1) is 11.3. The van der Waals surface area contributed by atoms with Crippen molar-refractivity contribution >= 4 is 23.1 Å². The number of carbonyl (C=O) groups is 1.